The molecular formula is C22H18BrF2N3O4S. The average Bonchev–Trinajstić information content (AvgIpc) is 3.28. The lowest BCUT2D eigenvalue weighted by Gasteiger charge is -2.12. The van der Waals surface area contributed by atoms with E-state index in [9.17, 15) is 28.0 Å². The molecule has 0 aliphatic rings. The number of fused-ring (bicyclic) bond motifs is 1. The molecule has 2 aromatic heterocycles. The van der Waals surface area contributed by atoms with Crippen LogP contribution in [0.4, 0.5) is 8.78 Å². The number of hydrogen-bond acceptors (Lipinski definition) is 4. The zero-order valence-corrected chi connectivity index (χ0v) is 19.9. The molecule has 4 rings (SSSR count). The topological polar surface area (TPSA) is 97.3 Å². The van der Waals surface area contributed by atoms with Crippen LogP contribution in [0.3, 0.4) is 0 Å². The lowest BCUT2D eigenvalue weighted by Crippen LogP contribution is -2.09. The van der Waals surface area contributed by atoms with Gasteiger partial charge in [-0.15, -0.1) is 0 Å². The zero-order valence-electron chi connectivity index (χ0n) is 17.5. The molecule has 0 saturated heterocycles. The van der Waals surface area contributed by atoms with Crippen LogP contribution in [-0.2, 0) is 30.1 Å². The number of halogens is 3. The number of phenolic OH excluding ortho intramolecular Hbond substituents is 1. The first-order chi connectivity index (χ1) is 15.6. The highest BCUT2D eigenvalue weighted by atomic mass is 79.9. The highest BCUT2D eigenvalue weighted by Gasteiger charge is 2.27. The lowest BCUT2D eigenvalue weighted by molar-refractivity contribution is 0.0698. The summed E-state index contributed by atoms with van der Waals surface area (Å²) < 4.78 is 43.6. The van der Waals surface area contributed by atoms with Crippen molar-refractivity contribution in [3.8, 4) is 5.75 Å². The fourth-order valence-electron chi connectivity index (χ4n) is 3.80. The average molecular weight is 538 g/mol. The number of hydrogen-bond donors (Lipinski definition) is 2. The zero-order chi connectivity index (χ0) is 24.0. The van der Waals surface area contributed by atoms with Crippen molar-refractivity contribution >= 4 is 43.6 Å². The summed E-state index contributed by atoms with van der Waals surface area (Å²) >= 11 is 3.32. The smallest absolute Gasteiger partial charge is 0.338 e. The number of phenols is 1. The Morgan fingerprint density at radius 2 is 1.97 bits per heavy atom. The maximum Gasteiger partial charge on any atom is 0.338 e. The van der Waals surface area contributed by atoms with Crippen LogP contribution < -0.4 is 0 Å². The van der Waals surface area contributed by atoms with E-state index < -0.39 is 28.4 Å². The molecule has 0 aliphatic carbocycles. The summed E-state index contributed by atoms with van der Waals surface area (Å²) in [6, 6.07) is 4.51. The van der Waals surface area contributed by atoms with Gasteiger partial charge >= 0.3 is 5.97 Å². The minimum atomic E-state index is -1.85. The van der Waals surface area contributed by atoms with Crippen LogP contribution in [0.25, 0.3) is 10.9 Å². The van der Waals surface area contributed by atoms with Gasteiger partial charge in [0.1, 0.15) is 11.6 Å². The molecule has 11 heteroatoms. The summed E-state index contributed by atoms with van der Waals surface area (Å²) in [6.07, 6.45) is 3.31. The minimum absolute atomic E-state index is 0.0359. The second-order valence-electron chi connectivity index (χ2n) is 7.43. The van der Waals surface area contributed by atoms with Crippen molar-refractivity contribution in [3.05, 3.63) is 75.4 Å². The van der Waals surface area contributed by atoms with E-state index in [2.05, 4.69) is 20.9 Å². The van der Waals surface area contributed by atoms with Gasteiger partial charge in [0.15, 0.2) is 11.6 Å². The molecule has 7 nitrogen and oxygen atoms in total. The molecule has 2 aromatic carbocycles. The molecule has 2 heterocycles. The van der Waals surface area contributed by atoms with Crippen molar-refractivity contribution in [2.45, 2.75) is 24.1 Å². The molecule has 172 valence electrons. The maximum atomic E-state index is 13.6. The predicted molar refractivity (Wildman–Crippen MR) is 122 cm³/mol. The second-order valence-corrected chi connectivity index (χ2v) is 9.74. The van der Waals surface area contributed by atoms with Crippen molar-refractivity contribution in [2.75, 3.05) is 0 Å². The molecule has 2 N–H and O–H groups in total. The van der Waals surface area contributed by atoms with Crippen LogP contribution >= 0.6 is 15.9 Å². The molecule has 0 saturated carbocycles. The molecule has 0 bridgehead atoms. The largest absolute Gasteiger partial charge is 0.506 e. The Labute approximate surface area is 197 Å². The summed E-state index contributed by atoms with van der Waals surface area (Å²) in [5.41, 5.74) is 0.973. The normalized spacial score (nSPS) is 12.4. The molecule has 1 atom stereocenters. The molecule has 0 fully saturated rings. The molecule has 0 aliphatic heterocycles. The Morgan fingerprint density at radius 3 is 2.58 bits per heavy atom. The predicted octanol–water partition coefficient (Wildman–Crippen LogP) is 4.48. The molecule has 0 amide bonds. The number of nitrogens with zero attached hydrogens (tertiary/aromatic N) is 3. The second kappa shape index (κ2) is 8.71. The first-order valence-electron chi connectivity index (χ1n) is 9.66. The summed E-state index contributed by atoms with van der Waals surface area (Å²) in [5, 5.41) is 21.2. The van der Waals surface area contributed by atoms with Crippen molar-refractivity contribution in [1.82, 2.24) is 14.1 Å². The van der Waals surface area contributed by atoms with Crippen LogP contribution in [0, 0.1) is 18.6 Å². The fraction of sp³-hybridized carbons (Fsp3) is 0.182. The quantitative estimate of drug-likeness (QED) is 0.377. The number of imidazole rings is 1. The van der Waals surface area contributed by atoms with E-state index in [1.54, 1.807) is 41.6 Å². The van der Waals surface area contributed by atoms with Gasteiger partial charge in [0.2, 0.25) is 0 Å². The number of carboxylic acids is 1. The van der Waals surface area contributed by atoms with E-state index in [0.717, 1.165) is 12.1 Å². The van der Waals surface area contributed by atoms with Gasteiger partial charge in [0.25, 0.3) is 0 Å². The third-order valence-electron chi connectivity index (χ3n) is 5.53. The van der Waals surface area contributed by atoms with E-state index in [0.29, 0.717) is 26.8 Å². The first kappa shape index (κ1) is 23.1. The molecule has 0 spiro atoms. The van der Waals surface area contributed by atoms with Crippen LogP contribution in [0.1, 0.15) is 27.4 Å². The summed E-state index contributed by atoms with van der Waals surface area (Å²) in [5.74, 6) is -3.15. The number of aromatic hydroxyl groups is 1. The molecular weight excluding hydrogens is 520 g/mol. The number of aromatic carboxylic acids is 1. The van der Waals surface area contributed by atoms with Gasteiger partial charge in [-0.1, -0.05) is 0 Å². The molecule has 0 radical (unpaired) electrons. The van der Waals surface area contributed by atoms with Crippen molar-refractivity contribution in [2.24, 2.45) is 7.05 Å². The Bertz CT molecular complexity index is 1450. The molecule has 1 unspecified atom stereocenters. The summed E-state index contributed by atoms with van der Waals surface area (Å²) in [6.45, 7) is 1.94. The number of aryl methyl sites for hydroxylation is 2. The van der Waals surface area contributed by atoms with Crippen molar-refractivity contribution in [3.63, 3.8) is 0 Å². The Morgan fingerprint density at radius 1 is 1.24 bits per heavy atom. The number of carbonyl (C=O) groups is 1. The Kier molecular flexibility index (Phi) is 6.10. The van der Waals surface area contributed by atoms with Crippen LogP contribution in [0.15, 0.2) is 46.0 Å². The SMILES string of the molecule is Cc1nccn1Cc1c(O)c(Br)cc2c1c(C(=O)O)c(CS(=O)c1ccc(F)c(F)c1)n2C. The van der Waals surface area contributed by atoms with Crippen LogP contribution in [-0.4, -0.2) is 34.5 Å². The minimum Gasteiger partial charge on any atom is -0.506 e. The van der Waals surface area contributed by atoms with Gasteiger partial charge in [-0.2, -0.15) is 0 Å². The van der Waals surface area contributed by atoms with Crippen molar-refractivity contribution in [1.29, 1.82) is 0 Å². The van der Waals surface area contributed by atoms with Gasteiger partial charge in [-0.3, -0.25) is 4.21 Å². The fourth-order valence-corrected chi connectivity index (χ4v) is 5.46. The number of aromatic nitrogens is 3. The monoisotopic (exact) mass is 537 g/mol. The maximum absolute atomic E-state index is 13.6. The third-order valence-corrected chi connectivity index (χ3v) is 7.45. The number of rotatable bonds is 6. The van der Waals surface area contributed by atoms with Crippen molar-refractivity contribution < 1.29 is 28.0 Å². The number of carboxylic acid groups (broad SMARTS) is 1. The van der Waals surface area contributed by atoms with Gasteiger partial charge in [-0.05, 0) is 47.1 Å². The lowest BCUT2D eigenvalue weighted by atomic mass is 10.0. The summed E-state index contributed by atoms with van der Waals surface area (Å²) in [4.78, 5) is 16.5. The van der Waals surface area contributed by atoms with Crippen LogP contribution in [0.2, 0.25) is 0 Å². The van der Waals surface area contributed by atoms with Gasteiger partial charge in [-0.25, -0.2) is 18.6 Å². The van der Waals surface area contributed by atoms with E-state index >= 15 is 0 Å². The van der Waals surface area contributed by atoms with Gasteiger partial charge < -0.3 is 19.3 Å². The highest BCUT2D eigenvalue weighted by Crippen LogP contribution is 2.40. The first-order valence-corrected chi connectivity index (χ1v) is 11.8. The van der Waals surface area contributed by atoms with E-state index in [4.69, 9.17) is 0 Å². The van der Waals surface area contributed by atoms with Crippen LogP contribution in [0.5, 0.6) is 5.75 Å². The van der Waals surface area contributed by atoms with E-state index in [1.807, 2.05) is 0 Å². The number of benzene rings is 2. The summed E-state index contributed by atoms with van der Waals surface area (Å²) in [7, 11) is -0.222. The Hall–Kier alpha value is -3.05. The highest BCUT2D eigenvalue weighted by molar-refractivity contribution is 9.10. The van der Waals surface area contributed by atoms with E-state index in [-0.39, 0.29) is 34.2 Å². The van der Waals surface area contributed by atoms with Gasteiger partial charge in [0, 0.05) is 41.0 Å². The standard InChI is InChI=1S/C22H18BrF2N3O4S/c1-11-26-5-6-28(11)9-13-19-17(8-14(23)21(13)29)27(2)18(20(19)22(30)31)10-33(32)12-3-4-15(24)16(25)7-12/h3-8,29H,9-10H2,1-2H3,(H,30,31). The molecule has 33 heavy (non-hydrogen) atoms. The Balaban J connectivity index is 1.91. The molecule has 4 aromatic rings. The van der Waals surface area contributed by atoms with E-state index in [1.165, 1.54) is 6.07 Å². The van der Waals surface area contributed by atoms with Gasteiger partial charge in [0.05, 0.1) is 38.7 Å². The third kappa shape index (κ3) is 4.06.